The van der Waals surface area contributed by atoms with Gasteiger partial charge in [0.25, 0.3) is 0 Å². The van der Waals surface area contributed by atoms with Crippen LogP contribution in [0.15, 0.2) is 18.2 Å². The molecule has 1 aromatic rings. The molecule has 74 valence electrons. The monoisotopic (exact) mass is 189 g/mol. The number of hydrogen-bond acceptors (Lipinski definition) is 2. The fourth-order valence-electron chi connectivity index (χ4n) is 1.10. The van der Waals surface area contributed by atoms with Crippen molar-refractivity contribution in [3.05, 3.63) is 29.3 Å². The van der Waals surface area contributed by atoms with Crippen LogP contribution < -0.4 is 5.32 Å². The van der Waals surface area contributed by atoms with Gasteiger partial charge in [0.15, 0.2) is 0 Å². The molecule has 0 aliphatic heterocycles. The fraction of sp³-hybridized carbons (Fsp3) is 0.333. The van der Waals surface area contributed by atoms with Gasteiger partial charge in [-0.15, -0.1) is 0 Å². The van der Waals surface area contributed by atoms with Gasteiger partial charge in [0, 0.05) is 13.0 Å². The van der Waals surface area contributed by atoms with Crippen molar-refractivity contribution < 1.29 is 5.11 Å². The molecule has 0 saturated heterocycles. The van der Waals surface area contributed by atoms with Gasteiger partial charge < -0.3 is 10.4 Å². The highest BCUT2D eigenvalue weighted by Crippen LogP contribution is 2.16. The number of phenolic OH excluding ortho intramolecular Hbond substituents is 1. The van der Waals surface area contributed by atoms with Crippen molar-refractivity contribution in [3.63, 3.8) is 0 Å². The van der Waals surface area contributed by atoms with Crippen molar-refractivity contribution in [2.45, 2.75) is 13.3 Å². The van der Waals surface area contributed by atoms with Gasteiger partial charge in [0.1, 0.15) is 5.75 Å². The molecular formula is C12H15NO. The molecule has 0 heterocycles. The second kappa shape index (κ2) is 5.31. The molecule has 14 heavy (non-hydrogen) atoms. The van der Waals surface area contributed by atoms with Crippen molar-refractivity contribution in [3.8, 4) is 17.6 Å². The van der Waals surface area contributed by atoms with E-state index >= 15 is 0 Å². The zero-order valence-corrected chi connectivity index (χ0v) is 8.59. The zero-order valence-electron chi connectivity index (χ0n) is 8.59. The number of phenols is 1. The van der Waals surface area contributed by atoms with E-state index in [1.807, 2.05) is 26.1 Å². The third kappa shape index (κ3) is 3.12. The molecule has 2 nitrogen and oxygen atoms in total. The molecule has 2 heteroatoms. The Hall–Kier alpha value is -1.46. The summed E-state index contributed by atoms with van der Waals surface area (Å²) in [5.74, 6) is 6.20. The Morgan fingerprint density at radius 3 is 2.93 bits per heavy atom. The number of rotatable bonds is 2. The van der Waals surface area contributed by atoms with Crippen LogP contribution in [0.5, 0.6) is 5.75 Å². The van der Waals surface area contributed by atoms with E-state index in [0.29, 0.717) is 5.56 Å². The van der Waals surface area contributed by atoms with Gasteiger partial charge in [-0.2, -0.15) is 0 Å². The zero-order chi connectivity index (χ0) is 10.4. The Balaban J connectivity index is 2.73. The van der Waals surface area contributed by atoms with Gasteiger partial charge in [-0.1, -0.05) is 17.9 Å². The maximum atomic E-state index is 9.47. The molecule has 0 aliphatic carbocycles. The van der Waals surface area contributed by atoms with Crippen molar-refractivity contribution in [1.82, 2.24) is 5.32 Å². The summed E-state index contributed by atoms with van der Waals surface area (Å²) in [5.41, 5.74) is 1.82. The highest BCUT2D eigenvalue weighted by molar-refractivity contribution is 5.47. The summed E-state index contributed by atoms with van der Waals surface area (Å²) in [6.45, 7) is 2.86. The predicted octanol–water partition coefficient (Wildman–Crippen LogP) is 1.66. The van der Waals surface area contributed by atoms with Gasteiger partial charge >= 0.3 is 0 Å². The van der Waals surface area contributed by atoms with Crippen LogP contribution in [0, 0.1) is 18.8 Å². The third-order valence-electron chi connectivity index (χ3n) is 1.88. The highest BCUT2D eigenvalue weighted by Gasteiger charge is 1.95. The SMILES string of the molecule is CNCCC#Cc1cc(C)ccc1O. The molecule has 0 amide bonds. The summed E-state index contributed by atoms with van der Waals surface area (Å²) in [5, 5.41) is 12.5. The number of benzene rings is 1. The number of hydrogen-bond donors (Lipinski definition) is 2. The predicted molar refractivity (Wildman–Crippen MR) is 58.3 cm³/mol. The summed E-state index contributed by atoms with van der Waals surface area (Å²) in [6, 6.07) is 5.44. The first kappa shape index (κ1) is 10.6. The number of aromatic hydroxyl groups is 1. The Kier molecular flexibility index (Phi) is 4.03. The maximum absolute atomic E-state index is 9.47. The first-order valence-electron chi connectivity index (χ1n) is 4.67. The molecule has 1 rings (SSSR count). The van der Waals surface area contributed by atoms with Crippen LogP contribution in [-0.2, 0) is 0 Å². The molecule has 0 unspecified atom stereocenters. The first-order valence-corrected chi connectivity index (χ1v) is 4.67. The lowest BCUT2D eigenvalue weighted by Crippen LogP contribution is -2.05. The summed E-state index contributed by atoms with van der Waals surface area (Å²) >= 11 is 0. The van der Waals surface area contributed by atoms with Crippen molar-refractivity contribution in [2.24, 2.45) is 0 Å². The van der Waals surface area contributed by atoms with Gasteiger partial charge in [-0.25, -0.2) is 0 Å². The third-order valence-corrected chi connectivity index (χ3v) is 1.88. The van der Waals surface area contributed by atoms with E-state index in [1.165, 1.54) is 0 Å². The second-order valence-corrected chi connectivity index (χ2v) is 3.18. The maximum Gasteiger partial charge on any atom is 0.131 e. The topological polar surface area (TPSA) is 32.3 Å². The largest absolute Gasteiger partial charge is 0.507 e. The Labute approximate surface area is 85.0 Å². The van der Waals surface area contributed by atoms with Crippen LogP contribution in [0.4, 0.5) is 0 Å². The normalized spacial score (nSPS) is 9.29. The van der Waals surface area contributed by atoms with E-state index in [4.69, 9.17) is 0 Å². The number of aryl methyl sites for hydroxylation is 1. The van der Waals surface area contributed by atoms with Gasteiger partial charge in [0.2, 0.25) is 0 Å². The highest BCUT2D eigenvalue weighted by atomic mass is 16.3. The van der Waals surface area contributed by atoms with Crippen LogP contribution in [-0.4, -0.2) is 18.7 Å². The quantitative estimate of drug-likeness (QED) is 0.548. The minimum atomic E-state index is 0.257. The van der Waals surface area contributed by atoms with Crippen molar-refractivity contribution >= 4 is 0 Å². The summed E-state index contributed by atoms with van der Waals surface area (Å²) in [4.78, 5) is 0. The molecule has 0 spiro atoms. The van der Waals surface area contributed by atoms with E-state index in [2.05, 4.69) is 17.2 Å². The van der Waals surface area contributed by atoms with E-state index in [1.54, 1.807) is 6.07 Å². The minimum Gasteiger partial charge on any atom is -0.507 e. The van der Waals surface area contributed by atoms with Crippen LogP contribution in [0.1, 0.15) is 17.5 Å². The Morgan fingerprint density at radius 1 is 1.43 bits per heavy atom. The van der Waals surface area contributed by atoms with E-state index < -0.39 is 0 Å². The van der Waals surface area contributed by atoms with Crippen molar-refractivity contribution in [2.75, 3.05) is 13.6 Å². The average molecular weight is 189 g/mol. The molecule has 0 aromatic heterocycles. The Bertz CT molecular complexity index is 360. The van der Waals surface area contributed by atoms with E-state index in [0.717, 1.165) is 18.5 Å². The first-order chi connectivity index (χ1) is 6.74. The summed E-state index contributed by atoms with van der Waals surface area (Å²) in [6.07, 6.45) is 0.796. The van der Waals surface area contributed by atoms with Crippen LogP contribution in [0.3, 0.4) is 0 Å². The molecule has 1 aromatic carbocycles. The second-order valence-electron chi connectivity index (χ2n) is 3.18. The smallest absolute Gasteiger partial charge is 0.131 e. The molecule has 0 aliphatic rings. The van der Waals surface area contributed by atoms with Crippen LogP contribution >= 0.6 is 0 Å². The molecule has 0 saturated carbocycles. The molecular weight excluding hydrogens is 174 g/mol. The van der Waals surface area contributed by atoms with Gasteiger partial charge in [-0.3, -0.25) is 0 Å². The van der Waals surface area contributed by atoms with E-state index in [-0.39, 0.29) is 5.75 Å². The Morgan fingerprint density at radius 2 is 2.21 bits per heavy atom. The average Bonchev–Trinajstić information content (AvgIpc) is 2.18. The lowest BCUT2D eigenvalue weighted by atomic mass is 10.1. The summed E-state index contributed by atoms with van der Waals surface area (Å²) < 4.78 is 0. The molecule has 0 fully saturated rings. The van der Waals surface area contributed by atoms with Gasteiger partial charge in [-0.05, 0) is 31.7 Å². The molecule has 0 bridgehead atoms. The molecule has 2 N–H and O–H groups in total. The van der Waals surface area contributed by atoms with Crippen LogP contribution in [0.25, 0.3) is 0 Å². The fourth-order valence-corrected chi connectivity index (χ4v) is 1.10. The van der Waals surface area contributed by atoms with Crippen LogP contribution in [0.2, 0.25) is 0 Å². The molecule has 0 atom stereocenters. The minimum absolute atomic E-state index is 0.257. The molecule has 0 radical (unpaired) electrons. The lowest BCUT2D eigenvalue weighted by molar-refractivity contribution is 0.473. The van der Waals surface area contributed by atoms with Gasteiger partial charge in [0.05, 0.1) is 5.56 Å². The van der Waals surface area contributed by atoms with E-state index in [9.17, 15) is 5.11 Å². The standard InChI is InChI=1S/C12H15NO/c1-10-6-7-12(14)11(9-10)5-3-4-8-13-2/h6-7,9,13-14H,4,8H2,1-2H3. The van der Waals surface area contributed by atoms with Crippen molar-refractivity contribution in [1.29, 1.82) is 0 Å². The lowest BCUT2D eigenvalue weighted by Gasteiger charge is -1.97. The number of nitrogens with one attached hydrogen (secondary N) is 1. The summed E-state index contributed by atoms with van der Waals surface area (Å²) in [7, 11) is 1.89.